The number of fused-ring (bicyclic) bond motifs is 1. The van der Waals surface area contributed by atoms with E-state index in [1.807, 2.05) is 37.2 Å². The lowest BCUT2D eigenvalue weighted by atomic mass is 10.00. The number of anilines is 1. The lowest BCUT2D eigenvalue weighted by molar-refractivity contribution is -0.384. The number of nitro groups is 1. The van der Waals surface area contributed by atoms with Gasteiger partial charge in [0.15, 0.2) is 0 Å². The van der Waals surface area contributed by atoms with Gasteiger partial charge in [-0.2, -0.15) is 8.42 Å². The highest BCUT2D eigenvalue weighted by atomic mass is 32.2. The van der Waals surface area contributed by atoms with Gasteiger partial charge in [0, 0.05) is 36.6 Å². The van der Waals surface area contributed by atoms with Gasteiger partial charge >= 0.3 is 10.1 Å². The molecule has 0 fully saturated rings. The Morgan fingerprint density at radius 2 is 1.59 bits per heavy atom. The zero-order valence-electron chi connectivity index (χ0n) is 19.3. The third-order valence-corrected chi connectivity index (χ3v) is 6.94. The first-order valence-corrected chi connectivity index (χ1v) is 12.0. The Balaban J connectivity index is 1.73. The first-order chi connectivity index (χ1) is 16.1. The molecule has 4 aromatic rings. The van der Waals surface area contributed by atoms with E-state index in [2.05, 4.69) is 0 Å². The minimum atomic E-state index is -4.14. The summed E-state index contributed by atoms with van der Waals surface area (Å²) in [6, 6.07) is 20.4. The quantitative estimate of drug-likeness (QED) is 0.197. The van der Waals surface area contributed by atoms with E-state index < -0.39 is 15.0 Å². The Morgan fingerprint density at radius 1 is 0.882 bits per heavy atom. The van der Waals surface area contributed by atoms with Crippen molar-refractivity contribution in [2.75, 3.05) is 19.0 Å². The van der Waals surface area contributed by atoms with Crippen molar-refractivity contribution in [1.29, 1.82) is 0 Å². The molecule has 0 aliphatic rings. The van der Waals surface area contributed by atoms with Crippen LogP contribution in [-0.2, 0) is 10.1 Å². The van der Waals surface area contributed by atoms with Gasteiger partial charge in [0.1, 0.15) is 10.6 Å². The third-order valence-electron chi connectivity index (χ3n) is 5.65. The monoisotopic (exact) mass is 476 g/mol. The van der Waals surface area contributed by atoms with Gasteiger partial charge in [-0.1, -0.05) is 36.4 Å². The molecule has 7 nitrogen and oxygen atoms in total. The standard InChI is InChI=1S/C26H24N2O5S/c1-17-11-13-20(24(15-17)28(29)30)19-12-14-25(18(2)16-19)33-34(31,32)26-10-6-7-21-22(26)8-5-9-23(21)27(3)4/h5-16H,1-4H3. The molecule has 34 heavy (non-hydrogen) atoms. The molecule has 0 bridgehead atoms. The summed E-state index contributed by atoms with van der Waals surface area (Å²) in [5.41, 5.74) is 3.28. The van der Waals surface area contributed by atoms with Gasteiger partial charge in [-0.3, -0.25) is 10.1 Å². The molecule has 0 aliphatic heterocycles. The maximum atomic E-state index is 13.3. The molecule has 0 saturated carbocycles. The summed E-state index contributed by atoms with van der Waals surface area (Å²) >= 11 is 0. The van der Waals surface area contributed by atoms with Crippen LogP contribution in [-0.4, -0.2) is 27.4 Å². The van der Waals surface area contributed by atoms with Gasteiger partial charge in [0.25, 0.3) is 5.69 Å². The highest BCUT2D eigenvalue weighted by Gasteiger charge is 2.22. The van der Waals surface area contributed by atoms with Crippen LogP contribution in [0, 0.1) is 24.0 Å². The Hall–Kier alpha value is -3.91. The molecule has 4 rings (SSSR count). The molecule has 0 aromatic heterocycles. The average Bonchev–Trinajstić information content (AvgIpc) is 2.79. The predicted molar refractivity (Wildman–Crippen MR) is 134 cm³/mol. The van der Waals surface area contributed by atoms with E-state index in [9.17, 15) is 18.5 Å². The fourth-order valence-electron chi connectivity index (χ4n) is 3.98. The molecule has 0 atom stereocenters. The van der Waals surface area contributed by atoms with Crippen LogP contribution in [0.1, 0.15) is 11.1 Å². The molecule has 0 spiro atoms. The van der Waals surface area contributed by atoms with Crippen LogP contribution in [0.3, 0.4) is 0 Å². The molecule has 0 radical (unpaired) electrons. The minimum Gasteiger partial charge on any atom is -0.379 e. The maximum Gasteiger partial charge on any atom is 0.339 e. The number of nitrogens with zero attached hydrogens (tertiary/aromatic N) is 2. The summed E-state index contributed by atoms with van der Waals surface area (Å²) in [6.45, 7) is 3.50. The highest BCUT2D eigenvalue weighted by molar-refractivity contribution is 7.87. The zero-order valence-corrected chi connectivity index (χ0v) is 20.1. The van der Waals surface area contributed by atoms with Crippen molar-refractivity contribution in [3.63, 3.8) is 0 Å². The smallest absolute Gasteiger partial charge is 0.339 e. The summed E-state index contributed by atoms with van der Waals surface area (Å²) in [7, 11) is -0.339. The van der Waals surface area contributed by atoms with Gasteiger partial charge in [-0.15, -0.1) is 0 Å². The second kappa shape index (κ2) is 8.79. The van der Waals surface area contributed by atoms with E-state index in [0.717, 1.165) is 16.6 Å². The predicted octanol–water partition coefficient (Wildman–Crippen LogP) is 5.87. The van der Waals surface area contributed by atoms with Crippen molar-refractivity contribution in [3.05, 3.63) is 94.0 Å². The molecule has 174 valence electrons. The molecule has 0 amide bonds. The Labute approximate surface area is 198 Å². The number of nitro benzene ring substituents is 1. The first-order valence-electron chi connectivity index (χ1n) is 10.6. The van der Waals surface area contributed by atoms with E-state index >= 15 is 0 Å². The van der Waals surface area contributed by atoms with Gasteiger partial charge in [0.05, 0.1) is 10.5 Å². The molecule has 0 aliphatic carbocycles. The molecule has 0 heterocycles. The number of benzene rings is 4. The van der Waals surface area contributed by atoms with E-state index in [1.165, 1.54) is 18.2 Å². The van der Waals surface area contributed by atoms with E-state index in [1.54, 1.807) is 50.2 Å². The van der Waals surface area contributed by atoms with Crippen LogP contribution in [0.15, 0.2) is 77.7 Å². The Kier molecular flexibility index (Phi) is 6.01. The molecule has 4 aromatic carbocycles. The molecule has 0 N–H and O–H groups in total. The number of hydrogen-bond acceptors (Lipinski definition) is 6. The van der Waals surface area contributed by atoms with Crippen LogP contribution in [0.2, 0.25) is 0 Å². The van der Waals surface area contributed by atoms with Crippen molar-refractivity contribution >= 4 is 32.3 Å². The van der Waals surface area contributed by atoms with Crippen LogP contribution in [0.4, 0.5) is 11.4 Å². The van der Waals surface area contributed by atoms with Gasteiger partial charge in [-0.25, -0.2) is 0 Å². The van der Waals surface area contributed by atoms with Gasteiger partial charge in [0.2, 0.25) is 0 Å². The van der Waals surface area contributed by atoms with Crippen molar-refractivity contribution < 1.29 is 17.5 Å². The first kappa shape index (κ1) is 23.3. The summed E-state index contributed by atoms with van der Waals surface area (Å²) < 4.78 is 32.1. The Bertz CT molecular complexity index is 1530. The lowest BCUT2D eigenvalue weighted by Gasteiger charge is -2.17. The van der Waals surface area contributed by atoms with Crippen LogP contribution in [0.25, 0.3) is 21.9 Å². The van der Waals surface area contributed by atoms with Gasteiger partial charge in [-0.05, 0) is 60.9 Å². The van der Waals surface area contributed by atoms with Crippen LogP contribution in [0.5, 0.6) is 5.75 Å². The Morgan fingerprint density at radius 3 is 2.26 bits per heavy atom. The molecular weight excluding hydrogens is 452 g/mol. The molecule has 8 heteroatoms. The normalized spacial score (nSPS) is 11.4. The molecular formula is C26H24N2O5S. The SMILES string of the molecule is Cc1ccc(-c2ccc(OS(=O)(=O)c3cccc4c(N(C)C)cccc34)c(C)c2)c([N+](=O)[O-])c1. The molecule has 0 unspecified atom stereocenters. The van der Waals surface area contributed by atoms with Crippen LogP contribution < -0.4 is 9.08 Å². The summed E-state index contributed by atoms with van der Waals surface area (Å²) in [6.07, 6.45) is 0. The van der Waals surface area contributed by atoms with Gasteiger partial charge < -0.3 is 9.08 Å². The fraction of sp³-hybridized carbons (Fsp3) is 0.154. The zero-order chi connectivity index (χ0) is 24.6. The van der Waals surface area contributed by atoms with Crippen molar-refractivity contribution in [3.8, 4) is 16.9 Å². The topological polar surface area (TPSA) is 89.8 Å². The highest BCUT2D eigenvalue weighted by Crippen LogP contribution is 2.35. The largest absolute Gasteiger partial charge is 0.379 e. The maximum absolute atomic E-state index is 13.3. The summed E-state index contributed by atoms with van der Waals surface area (Å²) in [4.78, 5) is 13.1. The second-order valence-electron chi connectivity index (χ2n) is 8.32. The second-order valence-corrected chi connectivity index (χ2v) is 9.83. The third kappa shape index (κ3) is 4.32. The fourth-order valence-corrected chi connectivity index (χ4v) is 5.19. The average molecular weight is 477 g/mol. The summed E-state index contributed by atoms with van der Waals surface area (Å²) in [5.74, 6) is 0.166. The van der Waals surface area contributed by atoms with Crippen molar-refractivity contribution in [2.45, 2.75) is 18.7 Å². The molecule has 0 saturated heterocycles. The minimum absolute atomic E-state index is 0.00635. The summed E-state index contributed by atoms with van der Waals surface area (Å²) in [5, 5.41) is 12.9. The van der Waals surface area contributed by atoms with E-state index in [4.69, 9.17) is 4.18 Å². The van der Waals surface area contributed by atoms with Crippen molar-refractivity contribution in [2.24, 2.45) is 0 Å². The number of rotatable bonds is 6. The van der Waals surface area contributed by atoms with E-state index in [-0.39, 0.29) is 16.3 Å². The van der Waals surface area contributed by atoms with E-state index in [0.29, 0.717) is 22.1 Å². The lowest BCUT2D eigenvalue weighted by Crippen LogP contribution is -2.12. The van der Waals surface area contributed by atoms with Crippen molar-refractivity contribution in [1.82, 2.24) is 0 Å². The number of aryl methyl sites for hydroxylation is 2. The van der Waals surface area contributed by atoms with Crippen LogP contribution >= 0.6 is 0 Å². The number of hydrogen-bond donors (Lipinski definition) is 0.